The summed E-state index contributed by atoms with van der Waals surface area (Å²) in [5.74, 6) is -1.34. The van der Waals surface area contributed by atoms with Gasteiger partial charge in [-0.15, -0.1) is 13.2 Å². The van der Waals surface area contributed by atoms with Gasteiger partial charge in [-0.25, -0.2) is 19.7 Å². The van der Waals surface area contributed by atoms with E-state index in [4.69, 9.17) is 0 Å². The quantitative estimate of drug-likeness (QED) is 0.341. The van der Waals surface area contributed by atoms with Crippen LogP contribution in [0.5, 0.6) is 5.75 Å². The first-order chi connectivity index (χ1) is 14.3. The van der Waals surface area contributed by atoms with Crippen LogP contribution >= 0.6 is 11.8 Å². The van der Waals surface area contributed by atoms with E-state index in [1.54, 1.807) is 10.6 Å². The molecule has 0 amide bonds. The first kappa shape index (κ1) is 23.6. The molecule has 1 fully saturated rings. The van der Waals surface area contributed by atoms with Crippen molar-refractivity contribution >= 4 is 17.7 Å². The fourth-order valence-corrected chi connectivity index (χ4v) is 3.42. The number of hydrogen-bond acceptors (Lipinski definition) is 6. The topological polar surface area (TPSA) is 90.1 Å². The molecule has 1 N–H and O–H groups in total. The van der Waals surface area contributed by atoms with Crippen LogP contribution in [-0.2, 0) is 0 Å². The number of thioether (sulfide) groups is 1. The minimum atomic E-state index is -4.84. The monoisotopic (exact) mass is 460 g/mol. The molecular formula is C19H16F3N4NaO3S. The molecule has 0 saturated heterocycles. The van der Waals surface area contributed by atoms with Gasteiger partial charge in [-0.1, -0.05) is 23.9 Å². The fraction of sp³-hybridized carbons (Fsp3) is 0.263. The second-order valence-corrected chi connectivity index (χ2v) is 7.35. The second kappa shape index (κ2) is 9.19. The van der Waals surface area contributed by atoms with Gasteiger partial charge in [0.25, 0.3) is 0 Å². The molecular weight excluding hydrogens is 444 g/mol. The van der Waals surface area contributed by atoms with Crippen molar-refractivity contribution in [3.8, 4) is 28.4 Å². The van der Waals surface area contributed by atoms with Crippen LogP contribution in [-0.4, -0.2) is 43.2 Å². The molecule has 0 unspecified atom stereocenters. The number of hydrogen-bond donors (Lipinski definition) is 1. The average molecular weight is 460 g/mol. The van der Waals surface area contributed by atoms with Crippen LogP contribution in [0.15, 0.2) is 41.8 Å². The number of alkyl halides is 3. The Morgan fingerprint density at radius 1 is 1.26 bits per heavy atom. The molecule has 7 nitrogen and oxygen atoms in total. The van der Waals surface area contributed by atoms with Gasteiger partial charge in [0.1, 0.15) is 17.3 Å². The van der Waals surface area contributed by atoms with Crippen LogP contribution in [0, 0.1) is 0 Å². The maximum atomic E-state index is 12.6. The number of nitrogens with zero attached hydrogens (tertiary/aromatic N) is 4. The molecule has 2 heterocycles. The Morgan fingerprint density at radius 2 is 1.94 bits per heavy atom. The van der Waals surface area contributed by atoms with Crippen molar-refractivity contribution in [2.45, 2.75) is 30.4 Å². The first-order valence-electron chi connectivity index (χ1n) is 8.85. The van der Waals surface area contributed by atoms with E-state index in [9.17, 15) is 23.1 Å². The van der Waals surface area contributed by atoms with Crippen LogP contribution in [0.1, 0.15) is 30.8 Å². The maximum absolute atomic E-state index is 12.6. The van der Waals surface area contributed by atoms with Crippen molar-refractivity contribution in [1.29, 1.82) is 0 Å². The summed E-state index contributed by atoms with van der Waals surface area (Å²) in [6.07, 6.45) is 1.45. The van der Waals surface area contributed by atoms with Gasteiger partial charge in [-0.2, -0.15) is 0 Å². The van der Waals surface area contributed by atoms with Gasteiger partial charge in [-0.3, -0.25) is 0 Å². The Kier molecular flexibility index (Phi) is 6.99. The number of carboxylic acids is 1. The largest absolute Gasteiger partial charge is 1.00 e. The van der Waals surface area contributed by atoms with Gasteiger partial charge in [0, 0.05) is 29.6 Å². The summed E-state index contributed by atoms with van der Waals surface area (Å²) >= 11 is 1.34. The van der Waals surface area contributed by atoms with Crippen molar-refractivity contribution in [3.05, 3.63) is 42.4 Å². The predicted molar refractivity (Wildman–Crippen MR) is 103 cm³/mol. The van der Waals surface area contributed by atoms with Crippen LogP contribution in [0.3, 0.4) is 0 Å². The van der Waals surface area contributed by atoms with Crippen LogP contribution in [0.2, 0.25) is 0 Å². The average Bonchev–Trinajstić information content (AvgIpc) is 3.45. The Bertz CT molecular complexity index is 1110. The molecule has 1 aliphatic rings. The van der Waals surface area contributed by atoms with Crippen molar-refractivity contribution in [2.75, 3.05) is 6.26 Å². The molecule has 0 aliphatic heterocycles. The van der Waals surface area contributed by atoms with Crippen LogP contribution < -0.4 is 34.3 Å². The summed E-state index contributed by atoms with van der Waals surface area (Å²) in [6, 6.07) is 5.24. The van der Waals surface area contributed by atoms with Gasteiger partial charge in [-0.05, 0) is 31.2 Å². The van der Waals surface area contributed by atoms with Gasteiger partial charge in [0.2, 0.25) is 0 Å². The molecule has 0 atom stereocenters. The van der Waals surface area contributed by atoms with E-state index in [0.717, 1.165) is 12.8 Å². The number of ether oxygens (including phenoxy) is 1. The number of imidazole rings is 1. The molecule has 2 aromatic heterocycles. The minimum Gasteiger partial charge on any atom is -1.00 e. The summed E-state index contributed by atoms with van der Waals surface area (Å²) in [7, 11) is 0. The molecule has 1 aromatic carbocycles. The zero-order chi connectivity index (χ0) is 21.5. The molecule has 1 aliphatic carbocycles. The standard InChI is InChI=1S/C19H15F3N4O3S.Na.H/c1-30-18-23-8-11(9-24-18)14-15(17(27)28)26(12-5-6-12)16(25-14)10-3-2-4-13(7-10)29-19(20,21)22;;/h2-4,7-9,12H,5-6H2,1H3,(H,27,28);;/q;+1;-1. The zero-order valence-electron chi connectivity index (χ0n) is 17.6. The van der Waals surface area contributed by atoms with E-state index in [0.29, 0.717) is 16.3 Å². The smallest absolute Gasteiger partial charge is 1.00 e. The van der Waals surface area contributed by atoms with E-state index >= 15 is 0 Å². The molecule has 12 heteroatoms. The maximum Gasteiger partial charge on any atom is 1.00 e. The van der Waals surface area contributed by atoms with E-state index < -0.39 is 18.1 Å². The number of halogens is 3. The Hall–Kier alpha value is -2.08. The minimum absolute atomic E-state index is 0. The predicted octanol–water partition coefficient (Wildman–Crippen LogP) is 1.78. The van der Waals surface area contributed by atoms with E-state index in [-0.39, 0.29) is 54.2 Å². The normalized spacial score (nSPS) is 13.5. The van der Waals surface area contributed by atoms with Gasteiger partial charge in [0.15, 0.2) is 10.9 Å². The number of carbonyl (C=O) groups is 1. The Balaban J connectivity index is 0.00000181. The molecule has 31 heavy (non-hydrogen) atoms. The summed E-state index contributed by atoms with van der Waals surface area (Å²) in [4.78, 5) is 24.9. The number of benzene rings is 1. The summed E-state index contributed by atoms with van der Waals surface area (Å²) in [6.45, 7) is 0. The number of rotatable bonds is 6. The third kappa shape index (κ3) is 5.22. The van der Waals surface area contributed by atoms with Crippen LogP contribution in [0.4, 0.5) is 13.2 Å². The third-order valence-electron chi connectivity index (χ3n) is 4.44. The van der Waals surface area contributed by atoms with Crippen molar-refractivity contribution in [1.82, 2.24) is 19.5 Å². The van der Waals surface area contributed by atoms with E-state index in [1.165, 1.54) is 42.4 Å². The Morgan fingerprint density at radius 3 is 2.48 bits per heavy atom. The van der Waals surface area contributed by atoms with Crippen molar-refractivity contribution in [2.24, 2.45) is 0 Å². The molecule has 3 aromatic rings. The summed E-state index contributed by atoms with van der Waals surface area (Å²) < 4.78 is 43.4. The molecule has 1 saturated carbocycles. The molecule has 4 rings (SSSR count). The summed E-state index contributed by atoms with van der Waals surface area (Å²) in [5.41, 5.74) is 0.849. The van der Waals surface area contributed by atoms with Gasteiger partial charge in [0.05, 0.1) is 0 Å². The molecule has 0 radical (unpaired) electrons. The van der Waals surface area contributed by atoms with Crippen molar-refractivity contribution in [3.63, 3.8) is 0 Å². The van der Waals surface area contributed by atoms with Crippen molar-refractivity contribution < 1.29 is 58.8 Å². The third-order valence-corrected chi connectivity index (χ3v) is 5.01. The molecule has 0 spiro atoms. The van der Waals surface area contributed by atoms with Gasteiger partial charge < -0.3 is 15.8 Å². The van der Waals surface area contributed by atoms with Crippen LogP contribution in [0.25, 0.3) is 22.6 Å². The summed E-state index contributed by atoms with van der Waals surface area (Å²) in [5, 5.41) is 10.4. The number of aromatic carboxylic acids is 1. The SMILES string of the molecule is CSc1ncc(-c2nc(-c3cccc(OC(F)(F)F)c3)n(C3CC3)c2C(=O)O)cn1.[H-].[Na+]. The van der Waals surface area contributed by atoms with Gasteiger partial charge >= 0.3 is 41.9 Å². The van der Waals surface area contributed by atoms with E-state index in [2.05, 4.69) is 19.7 Å². The van der Waals surface area contributed by atoms with E-state index in [1.807, 2.05) is 6.26 Å². The first-order valence-corrected chi connectivity index (χ1v) is 10.1. The number of aromatic nitrogens is 4. The molecule has 158 valence electrons. The zero-order valence-corrected chi connectivity index (χ0v) is 19.4. The second-order valence-electron chi connectivity index (χ2n) is 6.57. The molecule has 0 bridgehead atoms. The fourth-order valence-electron chi connectivity index (χ4n) is 3.11. The Labute approximate surface area is 202 Å². The number of carboxylic acid groups (broad SMARTS) is 1.